The Hall–Kier alpha value is -3.87. The number of piperidine rings is 1. The van der Waals surface area contributed by atoms with E-state index in [1.165, 1.54) is 0 Å². The third kappa shape index (κ3) is 4.59. The summed E-state index contributed by atoms with van der Waals surface area (Å²) in [6.45, 7) is 3.88. The Bertz CT molecular complexity index is 1360. The number of carbonyl (C=O) groups excluding carboxylic acids is 1. The highest BCUT2D eigenvalue weighted by Gasteiger charge is 2.28. The molecule has 5 rings (SSSR count). The molecule has 0 spiro atoms. The van der Waals surface area contributed by atoms with Crippen molar-refractivity contribution in [1.29, 1.82) is 0 Å². The first kappa shape index (κ1) is 21.9. The summed E-state index contributed by atoms with van der Waals surface area (Å²) in [5.74, 6) is 1.73. The second kappa shape index (κ2) is 9.55. The van der Waals surface area contributed by atoms with Crippen molar-refractivity contribution >= 4 is 22.8 Å². The first-order valence-electron chi connectivity index (χ1n) is 11.7. The van der Waals surface area contributed by atoms with Crippen LogP contribution < -0.4 is 15.8 Å². The fourth-order valence-electron chi connectivity index (χ4n) is 4.59. The third-order valence-electron chi connectivity index (χ3n) is 6.34. The molecule has 7 nitrogen and oxygen atoms in total. The zero-order valence-corrected chi connectivity index (χ0v) is 19.2. The standard InChI is InChI=1S/C27H28N4O3/c1-19-13-14-22(34-19)16-28-26(32)21-10-7-15-30(18-21)25-27(33)31(17-20-8-3-2-4-9-20)24-12-6-5-11-23(24)29-25/h2-6,8-9,11-14,21H,7,10,15-18H2,1H3,(H,28,32)/t21-/m1/s1. The van der Waals surface area contributed by atoms with Crippen LogP contribution >= 0.6 is 0 Å². The van der Waals surface area contributed by atoms with Gasteiger partial charge in [-0.05, 0) is 49.6 Å². The molecular formula is C27H28N4O3. The lowest BCUT2D eigenvalue weighted by Gasteiger charge is -2.32. The summed E-state index contributed by atoms with van der Waals surface area (Å²) < 4.78 is 7.34. The highest BCUT2D eigenvalue weighted by Crippen LogP contribution is 2.22. The van der Waals surface area contributed by atoms with Crippen LogP contribution in [0, 0.1) is 12.8 Å². The Labute approximate surface area is 198 Å². The number of nitrogens with one attached hydrogen (secondary N) is 1. The summed E-state index contributed by atoms with van der Waals surface area (Å²) in [5, 5.41) is 2.98. The number of anilines is 1. The third-order valence-corrected chi connectivity index (χ3v) is 6.34. The zero-order chi connectivity index (χ0) is 23.5. The van der Waals surface area contributed by atoms with Crippen LogP contribution in [0.15, 0.2) is 75.9 Å². The second-order valence-electron chi connectivity index (χ2n) is 8.82. The number of amides is 1. The minimum atomic E-state index is -0.208. The zero-order valence-electron chi connectivity index (χ0n) is 19.2. The minimum absolute atomic E-state index is 0.0239. The molecule has 4 aromatic rings. The van der Waals surface area contributed by atoms with Gasteiger partial charge in [-0.2, -0.15) is 0 Å². The molecule has 1 atom stereocenters. The number of fused-ring (bicyclic) bond motifs is 1. The molecule has 1 fully saturated rings. The lowest BCUT2D eigenvalue weighted by atomic mass is 9.97. The van der Waals surface area contributed by atoms with E-state index in [1.54, 1.807) is 4.57 Å². The van der Waals surface area contributed by atoms with E-state index < -0.39 is 0 Å². The highest BCUT2D eigenvalue weighted by atomic mass is 16.3. The van der Waals surface area contributed by atoms with E-state index in [-0.39, 0.29) is 17.4 Å². The number of nitrogens with zero attached hydrogens (tertiary/aromatic N) is 3. The van der Waals surface area contributed by atoms with Crippen molar-refractivity contribution < 1.29 is 9.21 Å². The van der Waals surface area contributed by atoms with Crippen molar-refractivity contribution in [1.82, 2.24) is 14.9 Å². The maximum Gasteiger partial charge on any atom is 0.294 e. The molecule has 0 radical (unpaired) electrons. The molecule has 3 heterocycles. The molecule has 0 bridgehead atoms. The van der Waals surface area contributed by atoms with Gasteiger partial charge in [-0.3, -0.25) is 14.2 Å². The van der Waals surface area contributed by atoms with Crippen LogP contribution in [0.3, 0.4) is 0 Å². The van der Waals surface area contributed by atoms with Gasteiger partial charge in [0.25, 0.3) is 5.56 Å². The number of furan rings is 1. The Kier molecular flexibility index (Phi) is 6.16. The quantitative estimate of drug-likeness (QED) is 0.476. The molecular weight excluding hydrogens is 428 g/mol. The molecule has 34 heavy (non-hydrogen) atoms. The van der Waals surface area contributed by atoms with Gasteiger partial charge < -0.3 is 14.6 Å². The summed E-state index contributed by atoms with van der Waals surface area (Å²) >= 11 is 0. The Morgan fingerprint density at radius 3 is 2.68 bits per heavy atom. The number of aromatic nitrogens is 2. The first-order valence-corrected chi connectivity index (χ1v) is 11.7. The SMILES string of the molecule is Cc1ccc(CNC(=O)[C@@H]2CCCN(c3nc4ccccc4n(Cc4ccccc4)c3=O)C2)o1. The lowest BCUT2D eigenvalue weighted by molar-refractivity contribution is -0.125. The normalized spacial score (nSPS) is 16.0. The number of rotatable bonds is 6. The summed E-state index contributed by atoms with van der Waals surface area (Å²) in [4.78, 5) is 33.2. The van der Waals surface area contributed by atoms with Crippen molar-refractivity contribution in [3.05, 3.63) is 94.2 Å². The van der Waals surface area contributed by atoms with Crippen LogP contribution in [-0.2, 0) is 17.9 Å². The Balaban J connectivity index is 1.40. The molecule has 1 aliphatic rings. The number of benzene rings is 2. The number of aryl methyl sites for hydroxylation is 1. The van der Waals surface area contributed by atoms with Crippen molar-refractivity contribution in [3.63, 3.8) is 0 Å². The van der Waals surface area contributed by atoms with Gasteiger partial charge in [0.2, 0.25) is 5.91 Å². The van der Waals surface area contributed by atoms with Crippen LogP contribution in [0.4, 0.5) is 5.82 Å². The van der Waals surface area contributed by atoms with Crippen LogP contribution in [0.5, 0.6) is 0 Å². The van der Waals surface area contributed by atoms with E-state index in [0.29, 0.717) is 32.0 Å². The summed E-state index contributed by atoms with van der Waals surface area (Å²) in [6.07, 6.45) is 1.61. The van der Waals surface area contributed by atoms with Gasteiger partial charge >= 0.3 is 0 Å². The number of hydrogen-bond acceptors (Lipinski definition) is 5. The average molecular weight is 457 g/mol. The average Bonchev–Trinajstić information content (AvgIpc) is 3.30. The van der Waals surface area contributed by atoms with Gasteiger partial charge in [-0.1, -0.05) is 42.5 Å². The molecule has 1 aliphatic heterocycles. The largest absolute Gasteiger partial charge is 0.465 e. The molecule has 2 aromatic heterocycles. The van der Waals surface area contributed by atoms with Crippen molar-refractivity contribution in [2.45, 2.75) is 32.9 Å². The van der Waals surface area contributed by atoms with Gasteiger partial charge in [0.1, 0.15) is 11.5 Å². The van der Waals surface area contributed by atoms with Gasteiger partial charge in [0.05, 0.1) is 30.0 Å². The second-order valence-corrected chi connectivity index (χ2v) is 8.82. The fourth-order valence-corrected chi connectivity index (χ4v) is 4.59. The summed E-state index contributed by atoms with van der Waals surface area (Å²) in [7, 11) is 0. The topological polar surface area (TPSA) is 80.4 Å². The van der Waals surface area contributed by atoms with Crippen LogP contribution in [0.1, 0.15) is 29.9 Å². The van der Waals surface area contributed by atoms with Crippen molar-refractivity contribution in [3.8, 4) is 0 Å². The van der Waals surface area contributed by atoms with E-state index >= 15 is 0 Å². The van der Waals surface area contributed by atoms with Crippen LogP contribution in [-0.4, -0.2) is 28.5 Å². The lowest BCUT2D eigenvalue weighted by Crippen LogP contribution is -2.45. The van der Waals surface area contributed by atoms with Gasteiger partial charge in [0, 0.05) is 13.1 Å². The highest BCUT2D eigenvalue weighted by molar-refractivity contribution is 5.80. The molecule has 1 saturated heterocycles. The molecule has 2 aromatic carbocycles. The minimum Gasteiger partial charge on any atom is -0.465 e. The molecule has 7 heteroatoms. The first-order chi connectivity index (χ1) is 16.6. The number of hydrogen-bond donors (Lipinski definition) is 1. The van der Waals surface area contributed by atoms with Gasteiger partial charge in [-0.15, -0.1) is 0 Å². The predicted octanol–water partition coefficient (Wildman–Crippen LogP) is 3.88. The van der Waals surface area contributed by atoms with E-state index in [1.807, 2.05) is 78.6 Å². The van der Waals surface area contributed by atoms with Gasteiger partial charge in [0.15, 0.2) is 5.82 Å². The molecule has 0 aliphatic carbocycles. The maximum absolute atomic E-state index is 13.6. The van der Waals surface area contributed by atoms with Gasteiger partial charge in [-0.25, -0.2) is 4.98 Å². The smallest absolute Gasteiger partial charge is 0.294 e. The van der Waals surface area contributed by atoms with Crippen LogP contribution in [0.2, 0.25) is 0 Å². The summed E-state index contributed by atoms with van der Waals surface area (Å²) in [6, 6.07) is 21.4. The monoisotopic (exact) mass is 456 g/mol. The molecule has 1 amide bonds. The Morgan fingerprint density at radius 1 is 1.09 bits per heavy atom. The maximum atomic E-state index is 13.6. The predicted molar refractivity (Wildman–Crippen MR) is 132 cm³/mol. The fraction of sp³-hybridized carbons (Fsp3) is 0.296. The molecule has 0 saturated carbocycles. The molecule has 174 valence electrons. The van der Waals surface area contributed by atoms with E-state index in [4.69, 9.17) is 9.40 Å². The Morgan fingerprint density at radius 2 is 1.88 bits per heavy atom. The van der Waals surface area contributed by atoms with E-state index in [2.05, 4.69) is 5.32 Å². The van der Waals surface area contributed by atoms with E-state index in [9.17, 15) is 9.59 Å². The van der Waals surface area contributed by atoms with Crippen molar-refractivity contribution in [2.75, 3.05) is 18.0 Å². The molecule has 1 N–H and O–H groups in total. The van der Waals surface area contributed by atoms with E-state index in [0.717, 1.165) is 41.0 Å². The van der Waals surface area contributed by atoms with Crippen molar-refractivity contribution in [2.24, 2.45) is 5.92 Å². The molecule has 0 unspecified atom stereocenters. The van der Waals surface area contributed by atoms with Crippen LogP contribution in [0.25, 0.3) is 11.0 Å². The summed E-state index contributed by atoms with van der Waals surface area (Å²) in [5.41, 5.74) is 2.50. The number of para-hydroxylation sites is 2. The number of carbonyl (C=O) groups is 1.